The van der Waals surface area contributed by atoms with E-state index in [1.54, 1.807) is 30.7 Å². The zero-order chi connectivity index (χ0) is 49.2. The third kappa shape index (κ3) is 12.8. The highest BCUT2D eigenvalue weighted by molar-refractivity contribution is 6.25. The highest BCUT2D eigenvalue weighted by Crippen LogP contribution is 2.33. The average Bonchev–Trinajstić information content (AvgIpc) is 3.88. The van der Waals surface area contributed by atoms with Crippen molar-refractivity contribution in [3.05, 3.63) is 89.5 Å². The number of anilines is 1. The minimum Gasteiger partial charge on any atom is -0.471 e. The number of hydrogen-bond donors (Lipinski definition) is 4. The number of alkyl halides is 4. The fraction of sp³-hybridized carbons (Fsp3) is 0.426. The standard InChI is InChI=1S/C47H51F4N9O9/c48-33-25-59(40(63)22-28-11-13-30(14-12-28)69-47(49,50)51)21-17-37(33)68-44-32(42(52)64)23-29(24-55-44)35-26-58(27-56-35)20-6-5-19-54-38(61)10-3-1-2-4-18-53-34-9-7-8-31-41(34)46(67)60(45(31)66)36-15-16-39(62)57-43(36)65/h7-9,11-14,23-24,26-27,33,36-37,53H,1-6,10,15-22,25H2,(H2,52,64)(H,54,61)(H,57,62,65)/t33-,36?,37-/m1/s1. The summed E-state index contributed by atoms with van der Waals surface area (Å²) in [5.41, 5.74) is 7.91. The molecule has 0 radical (unpaired) electrons. The smallest absolute Gasteiger partial charge is 0.471 e. The first-order valence-corrected chi connectivity index (χ1v) is 22.6. The number of aromatic nitrogens is 3. The van der Waals surface area contributed by atoms with Gasteiger partial charge in [-0.1, -0.05) is 31.0 Å². The van der Waals surface area contributed by atoms with Crippen LogP contribution in [0.25, 0.3) is 11.3 Å². The van der Waals surface area contributed by atoms with Crippen molar-refractivity contribution in [2.24, 2.45) is 5.73 Å². The number of likely N-dealkylation sites (tertiary alicyclic amines) is 1. The molecule has 2 aromatic heterocycles. The molecule has 0 saturated carbocycles. The van der Waals surface area contributed by atoms with Crippen LogP contribution in [0.15, 0.2) is 67.3 Å². The van der Waals surface area contributed by atoms with Crippen molar-refractivity contribution in [2.75, 3.05) is 31.5 Å². The summed E-state index contributed by atoms with van der Waals surface area (Å²) in [6, 6.07) is 10.2. The van der Waals surface area contributed by atoms with Crippen molar-refractivity contribution in [1.82, 2.24) is 35.0 Å². The summed E-state index contributed by atoms with van der Waals surface area (Å²) in [5.74, 6) is -4.12. The van der Waals surface area contributed by atoms with Gasteiger partial charge in [-0.05, 0) is 68.0 Å². The van der Waals surface area contributed by atoms with E-state index in [2.05, 4.69) is 30.7 Å². The Morgan fingerprint density at radius 2 is 1.68 bits per heavy atom. The Hall–Kier alpha value is -7.39. The molecule has 3 atom stereocenters. The van der Waals surface area contributed by atoms with Gasteiger partial charge in [-0.3, -0.25) is 43.8 Å². The summed E-state index contributed by atoms with van der Waals surface area (Å²) < 4.78 is 64.3. The molecular weight excluding hydrogens is 911 g/mol. The van der Waals surface area contributed by atoms with Crippen molar-refractivity contribution >= 4 is 47.0 Å². The molecule has 18 nitrogen and oxygen atoms in total. The molecule has 0 spiro atoms. The molecule has 2 saturated heterocycles. The lowest BCUT2D eigenvalue weighted by Gasteiger charge is -2.34. The molecule has 2 aromatic carbocycles. The maximum Gasteiger partial charge on any atom is 0.573 e. The number of primary amides is 1. The van der Waals surface area contributed by atoms with Gasteiger partial charge < -0.3 is 35.3 Å². The van der Waals surface area contributed by atoms with E-state index >= 15 is 4.39 Å². The Balaban J connectivity index is 0.768. The number of fused-ring (bicyclic) bond motifs is 1. The van der Waals surface area contributed by atoms with Crippen LogP contribution in [0.3, 0.4) is 0 Å². The summed E-state index contributed by atoms with van der Waals surface area (Å²) in [6.07, 6.45) is 2.32. The molecule has 3 aliphatic heterocycles. The fourth-order valence-electron chi connectivity index (χ4n) is 8.36. The second-order valence-corrected chi connectivity index (χ2v) is 16.9. The van der Waals surface area contributed by atoms with E-state index in [4.69, 9.17) is 10.5 Å². The lowest BCUT2D eigenvalue weighted by Crippen LogP contribution is -2.54. The summed E-state index contributed by atoms with van der Waals surface area (Å²) in [6.45, 7) is 1.46. The number of piperidine rings is 2. The van der Waals surface area contributed by atoms with Crippen LogP contribution >= 0.6 is 0 Å². The number of ether oxygens (including phenoxy) is 2. The van der Waals surface area contributed by atoms with Gasteiger partial charge in [-0.25, -0.2) is 14.4 Å². The van der Waals surface area contributed by atoms with Gasteiger partial charge >= 0.3 is 6.36 Å². The second-order valence-electron chi connectivity index (χ2n) is 16.9. The largest absolute Gasteiger partial charge is 0.573 e. The predicted octanol–water partition coefficient (Wildman–Crippen LogP) is 4.86. The number of hydrogen-bond acceptors (Lipinski definition) is 12. The number of unbranched alkanes of at least 4 members (excludes halogenated alkanes) is 4. The number of aryl methyl sites for hydroxylation is 1. The van der Waals surface area contributed by atoms with E-state index in [0.29, 0.717) is 61.4 Å². The van der Waals surface area contributed by atoms with Gasteiger partial charge in [0.15, 0.2) is 6.17 Å². The van der Waals surface area contributed by atoms with Crippen LogP contribution in [0.1, 0.15) is 101 Å². The first-order valence-electron chi connectivity index (χ1n) is 22.6. The van der Waals surface area contributed by atoms with Crippen molar-refractivity contribution in [2.45, 2.75) is 102 Å². The number of halogens is 4. The number of benzene rings is 2. The number of pyridine rings is 1. The minimum atomic E-state index is -4.85. The lowest BCUT2D eigenvalue weighted by molar-refractivity contribution is -0.274. The molecule has 1 unspecified atom stereocenters. The van der Waals surface area contributed by atoms with Gasteiger partial charge in [0.05, 0.1) is 36.1 Å². The first-order chi connectivity index (χ1) is 33.0. The van der Waals surface area contributed by atoms with E-state index in [0.717, 1.165) is 42.7 Å². The third-order valence-electron chi connectivity index (χ3n) is 11.9. The molecule has 5 heterocycles. The number of nitrogens with two attached hydrogens (primary N) is 1. The molecule has 7 rings (SSSR count). The highest BCUT2D eigenvalue weighted by atomic mass is 19.4. The molecule has 2 fully saturated rings. The molecule has 5 N–H and O–H groups in total. The molecule has 69 heavy (non-hydrogen) atoms. The topological polar surface area (TPSA) is 237 Å². The Bertz CT molecular complexity index is 2570. The Morgan fingerprint density at radius 1 is 0.913 bits per heavy atom. The van der Waals surface area contributed by atoms with Crippen LogP contribution in [0, 0.1) is 0 Å². The number of imide groups is 2. The molecule has 4 aromatic rings. The van der Waals surface area contributed by atoms with Crippen molar-refractivity contribution in [3.8, 4) is 22.9 Å². The minimum absolute atomic E-state index is 0.0433. The number of carbonyl (C=O) groups is 7. The Labute approximate surface area is 393 Å². The number of carbonyl (C=O) groups excluding carboxylic acids is 7. The monoisotopic (exact) mass is 961 g/mol. The summed E-state index contributed by atoms with van der Waals surface area (Å²) in [5, 5.41) is 8.38. The Morgan fingerprint density at radius 3 is 2.42 bits per heavy atom. The number of imidazole rings is 1. The number of amides is 7. The molecule has 3 aliphatic rings. The van der Waals surface area contributed by atoms with E-state index in [1.807, 2.05) is 4.57 Å². The zero-order valence-corrected chi connectivity index (χ0v) is 37.4. The first kappa shape index (κ1) is 49.5. The molecule has 7 amide bonds. The predicted molar refractivity (Wildman–Crippen MR) is 238 cm³/mol. The molecule has 0 aliphatic carbocycles. The molecule has 366 valence electrons. The maximum absolute atomic E-state index is 15.4. The number of rotatable bonds is 21. The van der Waals surface area contributed by atoms with Gasteiger partial charge in [-0.2, -0.15) is 0 Å². The SMILES string of the molecule is NC(=O)c1cc(-c2cn(CCCCNC(=O)CCCCCCNc3cccc4c3C(=O)N(C3CCC(=O)NC3=O)C4=O)cn2)cnc1O[C@@H]1CCN(C(=O)Cc2ccc(OC(F)(F)F)cc2)C[C@H]1F. The zero-order valence-electron chi connectivity index (χ0n) is 37.4. The van der Waals surface area contributed by atoms with Gasteiger partial charge in [0.25, 0.3) is 17.7 Å². The molecule has 22 heteroatoms. The Kier molecular flexibility index (Phi) is 15.9. The fourth-order valence-corrected chi connectivity index (χ4v) is 8.36. The van der Waals surface area contributed by atoms with Crippen LogP contribution in [-0.2, 0) is 32.1 Å². The van der Waals surface area contributed by atoms with E-state index < -0.39 is 65.9 Å². The van der Waals surface area contributed by atoms with Crippen LogP contribution in [-0.4, -0.2) is 117 Å². The second kappa shape index (κ2) is 22.1. The van der Waals surface area contributed by atoms with E-state index in [1.165, 1.54) is 29.3 Å². The highest BCUT2D eigenvalue weighted by Gasteiger charge is 2.45. The molecular formula is C47H51F4N9O9. The quantitative estimate of drug-likeness (QED) is 0.0498. The van der Waals surface area contributed by atoms with Crippen molar-refractivity contribution < 1.29 is 60.6 Å². The molecule has 0 bridgehead atoms. The van der Waals surface area contributed by atoms with Crippen LogP contribution < -0.4 is 31.2 Å². The number of nitrogens with zero attached hydrogens (tertiary/aromatic N) is 5. The van der Waals surface area contributed by atoms with Crippen molar-refractivity contribution in [3.63, 3.8) is 0 Å². The van der Waals surface area contributed by atoms with Crippen molar-refractivity contribution in [1.29, 1.82) is 0 Å². The van der Waals surface area contributed by atoms with E-state index in [-0.39, 0.29) is 67.3 Å². The van der Waals surface area contributed by atoms with Gasteiger partial charge in [0.1, 0.15) is 23.5 Å². The maximum atomic E-state index is 15.4. The van der Waals surface area contributed by atoms with Gasteiger partial charge in [-0.15, -0.1) is 13.2 Å². The summed E-state index contributed by atoms with van der Waals surface area (Å²) in [7, 11) is 0. The van der Waals surface area contributed by atoms with E-state index in [9.17, 15) is 46.7 Å². The average molecular weight is 962 g/mol. The van der Waals surface area contributed by atoms with Gasteiger partial charge in [0, 0.05) is 69.1 Å². The normalized spacial score (nSPS) is 18.2. The third-order valence-corrected chi connectivity index (χ3v) is 11.9. The van der Waals surface area contributed by atoms with Crippen LogP contribution in [0.4, 0.5) is 23.2 Å². The van der Waals surface area contributed by atoms with Gasteiger partial charge in [0.2, 0.25) is 29.5 Å². The lowest BCUT2D eigenvalue weighted by atomic mass is 10.0. The van der Waals surface area contributed by atoms with Crippen LogP contribution in [0.5, 0.6) is 11.6 Å². The summed E-state index contributed by atoms with van der Waals surface area (Å²) in [4.78, 5) is 99.0. The van der Waals surface area contributed by atoms with Crippen LogP contribution in [0.2, 0.25) is 0 Å². The number of nitrogens with one attached hydrogen (secondary N) is 3. The summed E-state index contributed by atoms with van der Waals surface area (Å²) >= 11 is 0.